The minimum absolute atomic E-state index is 0.185. The van der Waals surface area contributed by atoms with Crippen LogP contribution in [0.25, 0.3) is 0 Å². The van der Waals surface area contributed by atoms with Crippen molar-refractivity contribution in [1.82, 2.24) is 4.90 Å². The first-order valence-electron chi connectivity index (χ1n) is 7.16. The van der Waals surface area contributed by atoms with Crippen molar-refractivity contribution in [3.05, 3.63) is 28.0 Å². The molecule has 2 rings (SSSR count). The molecule has 0 radical (unpaired) electrons. The van der Waals surface area contributed by atoms with Gasteiger partial charge in [0.15, 0.2) is 6.61 Å². The Hall–Kier alpha value is -2.38. The molecular weight excluding hydrogens is 292 g/mol. The average Bonchev–Trinajstić information content (AvgIpc) is 3.02. The van der Waals surface area contributed by atoms with Crippen LogP contribution in [0.5, 0.6) is 0 Å². The maximum absolute atomic E-state index is 12.0. The van der Waals surface area contributed by atoms with E-state index in [0.29, 0.717) is 0 Å². The molecule has 8 nitrogen and oxygen atoms in total. The molecular formula is C14H18N2O6. The highest BCUT2D eigenvalue weighted by molar-refractivity contribution is 5.89. The molecule has 0 N–H and O–H groups in total. The fourth-order valence-corrected chi connectivity index (χ4v) is 2.51. The number of likely N-dealkylation sites (N-methyl/N-ethyl adjacent to an activating group) is 1. The summed E-state index contributed by atoms with van der Waals surface area (Å²) in [7, 11) is 1.70. The third kappa shape index (κ3) is 3.84. The van der Waals surface area contributed by atoms with Crippen LogP contribution in [0.4, 0.5) is 5.88 Å². The van der Waals surface area contributed by atoms with Gasteiger partial charge >= 0.3 is 11.9 Å². The lowest BCUT2D eigenvalue weighted by Crippen LogP contribution is -2.40. The normalized spacial score (nSPS) is 15.3. The summed E-state index contributed by atoms with van der Waals surface area (Å²) in [6.07, 6.45) is 5.29. The molecule has 0 bridgehead atoms. The van der Waals surface area contributed by atoms with E-state index in [1.54, 1.807) is 11.9 Å². The zero-order chi connectivity index (χ0) is 16.1. The van der Waals surface area contributed by atoms with Crippen molar-refractivity contribution in [2.75, 3.05) is 13.7 Å². The van der Waals surface area contributed by atoms with Crippen LogP contribution < -0.4 is 0 Å². The Morgan fingerprint density at radius 3 is 2.64 bits per heavy atom. The Morgan fingerprint density at radius 1 is 1.36 bits per heavy atom. The summed E-state index contributed by atoms with van der Waals surface area (Å²) >= 11 is 0. The minimum Gasteiger partial charge on any atom is -0.450 e. The lowest BCUT2D eigenvalue weighted by atomic mass is 9.94. The van der Waals surface area contributed by atoms with Gasteiger partial charge in [0.25, 0.3) is 5.91 Å². The molecule has 0 unspecified atom stereocenters. The Bertz CT molecular complexity index is 561. The zero-order valence-electron chi connectivity index (χ0n) is 12.3. The molecule has 22 heavy (non-hydrogen) atoms. The topological polar surface area (TPSA) is 103 Å². The molecule has 0 atom stereocenters. The van der Waals surface area contributed by atoms with Crippen LogP contribution in [-0.4, -0.2) is 41.4 Å². The number of rotatable bonds is 5. The molecule has 0 aromatic carbocycles. The van der Waals surface area contributed by atoms with Crippen LogP contribution in [0.2, 0.25) is 0 Å². The van der Waals surface area contributed by atoms with Gasteiger partial charge in [0, 0.05) is 13.1 Å². The first-order valence-corrected chi connectivity index (χ1v) is 7.16. The van der Waals surface area contributed by atoms with Crippen molar-refractivity contribution >= 4 is 17.8 Å². The van der Waals surface area contributed by atoms with Crippen molar-refractivity contribution in [2.45, 2.75) is 38.1 Å². The van der Waals surface area contributed by atoms with Gasteiger partial charge in [0.05, 0.1) is 6.07 Å². The first-order chi connectivity index (χ1) is 10.5. The lowest BCUT2D eigenvalue weighted by Gasteiger charge is -2.31. The second kappa shape index (κ2) is 7.06. The third-order valence-corrected chi connectivity index (χ3v) is 3.82. The number of ether oxygens (including phenoxy) is 1. The van der Waals surface area contributed by atoms with E-state index in [1.165, 1.54) is 6.42 Å². The fraction of sp³-hybridized carbons (Fsp3) is 0.571. The fourth-order valence-electron chi connectivity index (χ4n) is 2.51. The first kappa shape index (κ1) is 16.0. The predicted octanol–water partition coefficient (Wildman–Crippen LogP) is 2.14. The standard InChI is InChI=1S/C14H18N2O6/c1-15(10-5-3-2-4-6-10)12(17)9-21-14(18)11-7-8-13(22-11)16(19)20/h7-8,10H,2-6,9H2,1H3. The maximum atomic E-state index is 12.0. The van der Waals surface area contributed by atoms with E-state index in [1.807, 2.05) is 0 Å². The van der Waals surface area contributed by atoms with Crippen LogP contribution >= 0.6 is 0 Å². The van der Waals surface area contributed by atoms with Crippen molar-refractivity contribution in [3.63, 3.8) is 0 Å². The molecule has 1 fully saturated rings. The highest BCUT2D eigenvalue weighted by atomic mass is 16.7. The van der Waals surface area contributed by atoms with E-state index in [9.17, 15) is 19.7 Å². The van der Waals surface area contributed by atoms with E-state index in [-0.39, 0.29) is 17.7 Å². The number of carbonyl (C=O) groups excluding carboxylic acids is 2. The predicted molar refractivity (Wildman–Crippen MR) is 75.3 cm³/mol. The highest BCUT2D eigenvalue weighted by Gasteiger charge is 2.24. The Labute approximate surface area is 127 Å². The maximum Gasteiger partial charge on any atom is 0.433 e. The molecule has 1 aliphatic rings. The van der Waals surface area contributed by atoms with Crippen molar-refractivity contribution in [3.8, 4) is 0 Å². The van der Waals surface area contributed by atoms with E-state index >= 15 is 0 Å². The molecule has 1 heterocycles. The van der Waals surface area contributed by atoms with Gasteiger partial charge in [-0.25, -0.2) is 4.79 Å². The molecule has 120 valence electrons. The van der Waals surface area contributed by atoms with Crippen LogP contribution in [0.3, 0.4) is 0 Å². The molecule has 8 heteroatoms. The molecule has 0 spiro atoms. The summed E-state index contributed by atoms with van der Waals surface area (Å²) in [5, 5.41) is 10.5. The Morgan fingerprint density at radius 2 is 2.05 bits per heavy atom. The van der Waals surface area contributed by atoms with E-state index < -0.39 is 23.4 Å². The van der Waals surface area contributed by atoms with E-state index in [4.69, 9.17) is 9.15 Å². The summed E-state index contributed by atoms with van der Waals surface area (Å²) in [5.74, 6) is -2.02. The van der Waals surface area contributed by atoms with Crippen LogP contribution in [-0.2, 0) is 9.53 Å². The number of furan rings is 1. The Kier molecular flexibility index (Phi) is 5.13. The second-order valence-electron chi connectivity index (χ2n) is 5.27. The molecule has 1 saturated carbocycles. The molecule has 0 aliphatic heterocycles. The average molecular weight is 310 g/mol. The van der Waals surface area contributed by atoms with Gasteiger partial charge in [-0.1, -0.05) is 19.3 Å². The number of amides is 1. The largest absolute Gasteiger partial charge is 0.450 e. The van der Waals surface area contributed by atoms with E-state index in [2.05, 4.69) is 0 Å². The molecule has 1 amide bonds. The lowest BCUT2D eigenvalue weighted by molar-refractivity contribution is -0.402. The summed E-state index contributed by atoms with van der Waals surface area (Å²) < 4.78 is 9.57. The molecule has 0 saturated heterocycles. The minimum atomic E-state index is -0.890. The molecule has 1 aromatic heterocycles. The van der Waals surface area contributed by atoms with Crippen LogP contribution in [0, 0.1) is 10.1 Å². The molecule has 1 aromatic rings. The number of nitrogens with zero attached hydrogens (tertiary/aromatic N) is 2. The Balaban J connectivity index is 1.84. The summed E-state index contributed by atoms with van der Waals surface area (Å²) in [6, 6.07) is 2.40. The summed E-state index contributed by atoms with van der Waals surface area (Å²) in [4.78, 5) is 35.0. The quantitative estimate of drug-likeness (QED) is 0.469. The van der Waals surface area contributed by atoms with Gasteiger partial charge in [-0.2, -0.15) is 0 Å². The van der Waals surface area contributed by atoms with Gasteiger partial charge in [-0.05, 0) is 18.9 Å². The van der Waals surface area contributed by atoms with Gasteiger partial charge in [-0.15, -0.1) is 0 Å². The highest BCUT2D eigenvalue weighted by Crippen LogP contribution is 2.22. The van der Waals surface area contributed by atoms with Crippen molar-refractivity contribution in [2.24, 2.45) is 0 Å². The number of hydrogen-bond donors (Lipinski definition) is 0. The number of hydrogen-bond acceptors (Lipinski definition) is 6. The molecule has 1 aliphatic carbocycles. The van der Waals surface area contributed by atoms with Gasteiger partial charge in [0.1, 0.15) is 4.92 Å². The summed E-state index contributed by atoms with van der Waals surface area (Å²) in [6.45, 7) is -0.402. The second-order valence-corrected chi connectivity index (χ2v) is 5.27. The van der Waals surface area contributed by atoms with Gasteiger partial charge in [-0.3, -0.25) is 14.9 Å². The number of carbonyl (C=O) groups is 2. The summed E-state index contributed by atoms with van der Waals surface area (Å²) in [5.41, 5.74) is 0. The number of nitro groups is 1. The van der Waals surface area contributed by atoms with Crippen molar-refractivity contribution < 1.29 is 23.7 Å². The van der Waals surface area contributed by atoms with Crippen molar-refractivity contribution in [1.29, 1.82) is 0 Å². The van der Waals surface area contributed by atoms with Crippen LogP contribution in [0.15, 0.2) is 16.5 Å². The van der Waals surface area contributed by atoms with Crippen LogP contribution in [0.1, 0.15) is 42.7 Å². The SMILES string of the molecule is CN(C(=O)COC(=O)c1ccc([N+](=O)[O-])o1)C1CCCCC1. The zero-order valence-corrected chi connectivity index (χ0v) is 12.3. The van der Waals surface area contributed by atoms with E-state index in [0.717, 1.165) is 37.8 Å². The monoisotopic (exact) mass is 310 g/mol. The van der Waals surface area contributed by atoms with Gasteiger partial charge in [0.2, 0.25) is 5.76 Å². The number of esters is 1. The van der Waals surface area contributed by atoms with Gasteiger partial charge < -0.3 is 14.1 Å². The third-order valence-electron chi connectivity index (χ3n) is 3.82. The smallest absolute Gasteiger partial charge is 0.433 e.